The maximum atomic E-state index is 14.0. The van der Waals surface area contributed by atoms with Gasteiger partial charge in [0.05, 0.1) is 19.4 Å². The van der Waals surface area contributed by atoms with Gasteiger partial charge in [0.25, 0.3) is 0 Å². The van der Waals surface area contributed by atoms with Crippen LogP contribution >= 0.6 is 0 Å². The van der Waals surface area contributed by atoms with Gasteiger partial charge in [-0.25, -0.2) is 4.79 Å². The Hall–Kier alpha value is -3.63. The fourth-order valence-electron chi connectivity index (χ4n) is 4.11. The van der Waals surface area contributed by atoms with Crippen molar-refractivity contribution in [3.8, 4) is 0 Å². The molecule has 4 N–H and O–H groups in total. The Kier molecular flexibility index (Phi) is 11.1. The minimum Gasteiger partial charge on any atom is -0.466 e. The molecule has 2 rings (SSSR count). The van der Waals surface area contributed by atoms with Crippen LogP contribution in [0.2, 0.25) is 0 Å². The number of hydrogen-bond acceptors (Lipinski definition) is 7. The number of amides is 4. The Labute approximate surface area is 223 Å². The molecule has 210 valence electrons. The van der Waals surface area contributed by atoms with E-state index in [-0.39, 0.29) is 25.6 Å². The summed E-state index contributed by atoms with van der Waals surface area (Å²) in [6, 6.07) is 4.51. The van der Waals surface area contributed by atoms with Crippen LogP contribution in [0.15, 0.2) is 24.3 Å². The first kappa shape index (κ1) is 30.6. The smallest absolute Gasteiger partial charge is 0.408 e. The van der Waals surface area contributed by atoms with Crippen LogP contribution in [-0.2, 0) is 28.7 Å². The lowest BCUT2D eigenvalue weighted by atomic mass is 9.87. The summed E-state index contributed by atoms with van der Waals surface area (Å²) in [5.74, 6) is -2.35. The number of carbonyl (C=O) groups is 5. The van der Waals surface area contributed by atoms with Crippen LogP contribution < -0.4 is 16.4 Å². The van der Waals surface area contributed by atoms with Crippen molar-refractivity contribution in [3.63, 3.8) is 0 Å². The second-order valence-electron chi connectivity index (χ2n) is 10.4. The molecule has 2 atom stereocenters. The molecule has 11 nitrogen and oxygen atoms in total. The van der Waals surface area contributed by atoms with Gasteiger partial charge < -0.3 is 30.7 Å². The van der Waals surface area contributed by atoms with E-state index in [0.29, 0.717) is 18.4 Å². The molecule has 0 spiro atoms. The zero-order valence-corrected chi connectivity index (χ0v) is 22.9. The molecule has 0 aromatic heterocycles. The van der Waals surface area contributed by atoms with Gasteiger partial charge in [0.15, 0.2) is 0 Å². The van der Waals surface area contributed by atoms with Crippen LogP contribution in [0, 0.1) is 6.92 Å². The van der Waals surface area contributed by atoms with Crippen LogP contribution in [0.5, 0.6) is 0 Å². The summed E-state index contributed by atoms with van der Waals surface area (Å²) in [5, 5.41) is 5.21. The van der Waals surface area contributed by atoms with E-state index in [9.17, 15) is 24.0 Å². The summed E-state index contributed by atoms with van der Waals surface area (Å²) < 4.78 is 10.2. The molecule has 1 aliphatic rings. The van der Waals surface area contributed by atoms with E-state index >= 15 is 0 Å². The summed E-state index contributed by atoms with van der Waals surface area (Å²) in [6.45, 7) is 8.84. The molecular formula is C27H40N4O7. The molecule has 0 bridgehead atoms. The van der Waals surface area contributed by atoms with Crippen molar-refractivity contribution in [3.05, 3.63) is 35.4 Å². The van der Waals surface area contributed by atoms with Gasteiger partial charge >= 0.3 is 12.1 Å². The second kappa shape index (κ2) is 13.8. The van der Waals surface area contributed by atoms with Gasteiger partial charge in [0.1, 0.15) is 17.7 Å². The minimum absolute atomic E-state index is 0.0214. The van der Waals surface area contributed by atoms with E-state index in [0.717, 1.165) is 12.0 Å². The molecule has 1 saturated carbocycles. The first-order valence-electron chi connectivity index (χ1n) is 12.9. The number of rotatable bonds is 12. The second-order valence-corrected chi connectivity index (χ2v) is 10.4. The van der Waals surface area contributed by atoms with Gasteiger partial charge in [0.2, 0.25) is 17.7 Å². The SMILES string of the molecule is CCOC(=O)CCNC(=O)C(c1cccc(C)c1)N(C(=O)C(CC(N)=O)NC(=O)OC(C)(C)C)C1CCC1. The molecular weight excluding hydrogens is 492 g/mol. The van der Waals surface area contributed by atoms with Crippen molar-refractivity contribution in [1.82, 2.24) is 15.5 Å². The Bertz CT molecular complexity index is 1020. The fraction of sp³-hybridized carbons (Fsp3) is 0.593. The summed E-state index contributed by atoms with van der Waals surface area (Å²) in [6.07, 6.45) is 0.796. The van der Waals surface area contributed by atoms with Gasteiger partial charge in [-0.15, -0.1) is 0 Å². The lowest BCUT2D eigenvalue weighted by Crippen LogP contribution is -2.58. The molecule has 1 aliphatic carbocycles. The number of benzene rings is 1. The lowest BCUT2D eigenvalue weighted by Gasteiger charge is -2.43. The highest BCUT2D eigenvalue weighted by Gasteiger charge is 2.42. The van der Waals surface area contributed by atoms with Crippen molar-refractivity contribution in [2.24, 2.45) is 5.73 Å². The molecule has 1 aromatic rings. The minimum atomic E-state index is -1.33. The molecule has 38 heavy (non-hydrogen) atoms. The highest BCUT2D eigenvalue weighted by atomic mass is 16.6. The molecule has 4 amide bonds. The van der Waals surface area contributed by atoms with Crippen molar-refractivity contribution >= 4 is 29.8 Å². The Morgan fingerprint density at radius 2 is 1.84 bits per heavy atom. The molecule has 0 heterocycles. The molecule has 0 aliphatic heterocycles. The predicted octanol–water partition coefficient (Wildman–Crippen LogP) is 2.26. The largest absolute Gasteiger partial charge is 0.466 e. The standard InChI is InChI=1S/C27H40N4O7/c1-6-37-22(33)13-14-29-24(34)23(18-10-7-9-17(2)15-18)31(19-11-8-12-19)25(35)20(16-21(28)32)30-26(36)38-27(3,4)5/h7,9-10,15,19-20,23H,6,8,11-14,16H2,1-5H3,(H2,28,32)(H,29,34)(H,30,36). The van der Waals surface area contributed by atoms with Gasteiger partial charge in [-0.2, -0.15) is 0 Å². The molecule has 0 saturated heterocycles. The quantitative estimate of drug-likeness (QED) is 0.348. The number of nitrogens with zero attached hydrogens (tertiary/aromatic N) is 1. The van der Waals surface area contributed by atoms with E-state index in [1.165, 1.54) is 4.90 Å². The zero-order valence-electron chi connectivity index (χ0n) is 22.9. The summed E-state index contributed by atoms with van der Waals surface area (Å²) in [7, 11) is 0. The number of ether oxygens (including phenoxy) is 2. The zero-order chi connectivity index (χ0) is 28.5. The van der Waals surface area contributed by atoms with Crippen LogP contribution in [0.25, 0.3) is 0 Å². The maximum absolute atomic E-state index is 14.0. The lowest BCUT2D eigenvalue weighted by molar-refractivity contribution is -0.148. The Morgan fingerprint density at radius 3 is 2.37 bits per heavy atom. The van der Waals surface area contributed by atoms with E-state index in [1.807, 2.05) is 13.0 Å². The molecule has 1 fully saturated rings. The summed E-state index contributed by atoms with van der Waals surface area (Å²) in [4.78, 5) is 65.2. The number of aryl methyl sites for hydroxylation is 1. The highest BCUT2D eigenvalue weighted by molar-refractivity contribution is 5.95. The van der Waals surface area contributed by atoms with Gasteiger partial charge in [-0.05, 0) is 59.4 Å². The maximum Gasteiger partial charge on any atom is 0.408 e. The third-order valence-corrected chi connectivity index (χ3v) is 5.94. The first-order chi connectivity index (χ1) is 17.8. The topological polar surface area (TPSA) is 157 Å². The number of carbonyl (C=O) groups excluding carboxylic acids is 5. The number of hydrogen-bond donors (Lipinski definition) is 3. The van der Waals surface area contributed by atoms with Crippen LogP contribution in [0.3, 0.4) is 0 Å². The van der Waals surface area contributed by atoms with Gasteiger partial charge in [0, 0.05) is 12.6 Å². The predicted molar refractivity (Wildman–Crippen MR) is 140 cm³/mol. The molecule has 0 radical (unpaired) electrons. The number of nitrogens with two attached hydrogens (primary N) is 1. The summed E-state index contributed by atoms with van der Waals surface area (Å²) in [5.41, 5.74) is 6.03. The van der Waals surface area contributed by atoms with Gasteiger partial charge in [-0.1, -0.05) is 29.8 Å². The van der Waals surface area contributed by atoms with E-state index in [4.69, 9.17) is 15.2 Å². The fourth-order valence-corrected chi connectivity index (χ4v) is 4.11. The first-order valence-corrected chi connectivity index (χ1v) is 12.9. The van der Waals surface area contributed by atoms with E-state index in [2.05, 4.69) is 10.6 Å². The molecule has 11 heteroatoms. The van der Waals surface area contributed by atoms with E-state index < -0.39 is 53.9 Å². The molecule has 2 unspecified atom stereocenters. The van der Waals surface area contributed by atoms with Crippen molar-refractivity contribution in [2.45, 2.75) is 90.4 Å². The Balaban J connectivity index is 2.42. The number of primary amides is 1. The normalized spacial score (nSPS) is 14.9. The van der Waals surface area contributed by atoms with Crippen molar-refractivity contribution in [2.75, 3.05) is 13.2 Å². The number of esters is 1. The molecule has 1 aromatic carbocycles. The number of nitrogens with one attached hydrogen (secondary N) is 2. The van der Waals surface area contributed by atoms with E-state index in [1.54, 1.807) is 45.9 Å². The third kappa shape index (κ3) is 9.35. The van der Waals surface area contributed by atoms with Gasteiger partial charge in [-0.3, -0.25) is 19.2 Å². The highest BCUT2D eigenvalue weighted by Crippen LogP contribution is 2.34. The van der Waals surface area contributed by atoms with Crippen LogP contribution in [-0.4, -0.2) is 65.5 Å². The van der Waals surface area contributed by atoms with Crippen LogP contribution in [0.1, 0.15) is 77.0 Å². The van der Waals surface area contributed by atoms with Crippen molar-refractivity contribution < 1.29 is 33.4 Å². The third-order valence-electron chi connectivity index (χ3n) is 5.94. The van der Waals surface area contributed by atoms with Crippen molar-refractivity contribution in [1.29, 1.82) is 0 Å². The Morgan fingerprint density at radius 1 is 1.16 bits per heavy atom. The van der Waals surface area contributed by atoms with Crippen LogP contribution in [0.4, 0.5) is 4.79 Å². The monoisotopic (exact) mass is 532 g/mol. The average molecular weight is 533 g/mol. The number of alkyl carbamates (subject to hydrolysis) is 1. The average Bonchev–Trinajstić information content (AvgIpc) is 2.75. The summed E-state index contributed by atoms with van der Waals surface area (Å²) >= 11 is 0.